The summed E-state index contributed by atoms with van der Waals surface area (Å²) in [5, 5.41) is 16.8. The number of rotatable bonds is 7. The van der Waals surface area contributed by atoms with Crippen LogP contribution in [0.15, 0.2) is 47.5 Å². The fraction of sp³-hybridized carbons (Fsp3) is 0.381. The summed E-state index contributed by atoms with van der Waals surface area (Å²) in [4.78, 5) is 4.57. The highest BCUT2D eigenvalue weighted by Gasteiger charge is 2.44. The van der Waals surface area contributed by atoms with E-state index in [0.717, 1.165) is 24.9 Å². The predicted octanol–water partition coefficient (Wildman–Crippen LogP) is 3.33. The molecule has 0 amide bonds. The molecular weight excluding hydrogens is 345 g/mol. The summed E-state index contributed by atoms with van der Waals surface area (Å²) in [6, 6.07) is 12.2. The van der Waals surface area contributed by atoms with Crippen LogP contribution in [0.2, 0.25) is 0 Å². The van der Waals surface area contributed by atoms with Gasteiger partial charge in [0.15, 0.2) is 17.5 Å². The normalized spacial score (nSPS) is 15.3. The minimum Gasteiger partial charge on any atom is -0.504 e. The van der Waals surface area contributed by atoms with Crippen molar-refractivity contribution in [1.29, 1.82) is 0 Å². The molecule has 0 unspecified atom stereocenters. The van der Waals surface area contributed by atoms with E-state index in [0.29, 0.717) is 30.4 Å². The van der Waals surface area contributed by atoms with Gasteiger partial charge in [-0.2, -0.15) is 0 Å². The average molecular weight is 371 g/mol. The maximum atomic E-state index is 13.6. The fourth-order valence-corrected chi connectivity index (χ4v) is 3.16. The lowest BCUT2D eigenvalue weighted by molar-refractivity contribution is 0.370. The molecular formula is C21H26FN3O2. The number of phenols is 1. The van der Waals surface area contributed by atoms with Crippen LogP contribution >= 0.6 is 0 Å². The Morgan fingerprint density at radius 3 is 2.67 bits per heavy atom. The summed E-state index contributed by atoms with van der Waals surface area (Å²) >= 11 is 0. The van der Waals surface area contributed by atoms with Crippen LogP contribution in [0.25, 0.3) is 0 Å². The first-order valence-corrected chi connectivity index (χ1v) is 9.21. The first-order valence-electron chi connectivity index (χ1n) is 9.21. The standard InChI is InChI=1S/C21H26FN3O2/c1-3-23-20(24-13-15-6-4-9-18(27-2)19(15)26)25-14-21(10-11-21)16-7-5-8-17(22)12-16/h4-9,12,26H,3,10-11,13-14H2,1-2H3,(H2,23,24,25). The number of aliphatic imine (C=N–C) groups is 1. The summed E-state index contributed by atoms with van der Waals surface area (Å²) in [6.45, 7) is 3.74. The number of aromatic hydroxyl groups is 1. The molecule has 3 rings (SSSR count). The van der Waals surface area contributed by atoms with E-state index in [1.54, 1.807) is 18.2 Å². The lowest BCUT2D eigenvalue weighted by atomic mass is 9.96. The van der Waals surface area contributed by atoms with Gasteiger partial charge in [-0.05, 0) is 43.5 Å². The van der Waals surface area contributed by atoms with E-state index in [9.17, 15) is 9.50 Å². The van der Waals surface area contributed by atoms with Gasteiger partial charge < -0.3 is 20.5 Å². The number of hydrogen-bond donors (Lipinski definition) is 3. The van der Waals surface area contributed by atoms with Crippen molar-refractivity contribution < 1.29 is 14.2 Å². The van der Waals surface area contributed by atoms with Crippen molar-refractivity contribution in [3.63, 3.8) is 0 Å². The van der Waals surface area contributed by atoms with Gasteiger partial charge in [-0.1, -0.05) is 24.3 Å². The number of halogens is 1. The monoisotopic (exact) mass is 371 g/mol. The molecule has 0 spiro atoms. The van der Waals surface area contributed by atoms with Crippen molar-refractivity contribution in [2.24, 2.45) is 4.99 Å². The quantitative estimate of drug-likeness (QED) is 0.516. The highest BCUT2D eigenvalue weighted by atomic mass is 19.1. The Bertz CT molecular complexity index is 819. The van der Waals surface area contributed by atoms with Gasteiger partial charge in [-0.3, -0.25) is 0 Å². The second kappa shape index (κ2) is 8.29. The van der Waals surface area contributed by atoms with Gasteiger partial charge in [0.25, 0.3) is 0 Å². The number of methoxy groups -OCH3 is 1. The molecule has 3 N–H and O–H groups in total. The van der Waals surface area contributed by atoms with Crippen molar-refractivity contribution in [2.45, 2.75) is 31.7 Å². The lowest BCUT2D eigenvalue weighted by Crippen LogP contribution is -2.41. The second-order valence-electron chi connectivity index (χ2n) is 6.81. The second-order valence-corrected chi connectivity index (χ2v) is 6.81. The van der Waals surface area contributed by atoms with E-state index in [4.69, 9.17) is 4.74 Å². The molecule has 5 nitrogen and oxygen atoms in total. The third-order valence-electron chi connectivity index (χ3n) is 4.94. The molecule has 1 aliphatic rings. The molecule has 1 aliphatic carbocycles. The largest absolute Gasteiger partial charge is 0.504 e. The highest BCUT2D eigenvalue weighted by Crippen LogP contribution is 2.47. The molecule has 1 saturated carbocycles. The maximum Gasteiger partial charge on any atom is 0.191 e. The minimum absolute atomic E-state index is 0.0314. The Labute approximate surface area is 159 Å². The third-order valence-corrected chi connectivity index (χ3v) is 4.94. The van der Waals surface area contributed by atoms with E-state index >= 15 is 0 Å². The molecule has 1 fully saturated rings. The molecule has 0 heterocycles. The van der Waals surface area contributed by atoms with Gasteiger partial charge in [0, 0.05) is 24.1 Å². The number of hydrogen-bond acceptors (Lipinski definition) is 3. The molecule has 2 aromatic carbocycles. The zero-order chi connectivity index (χ0) is 19.3. The number of para-hydroxylation sites is 1. The first kappa shape index (κ1) is 19.0. The summed E-state index contributed by atoms with van der Waals surface area (Å²) in [7, 11) is 1.52. The fourth-order valence-electron chi connectivity index (χ4n) is 3.16. The summed E-state index contributed by atoms with van der Waals surface area (Å²) in [5.74, 6) is 1.01. The number of guanidine groups is 1. The molecule has 0 radical (unpaired) electrons. The Morgan fingerprint density at radius 1 is 1.22 bits per heavy atom. The summed E-state index contributed by atoms with van der Waals surface area (Å²) in [5.41, 5.74) is 1.69. The topological polar surface area (TPSA) is 65.9 Å². The highest BCUT2D eigenvalue weighted by molar-refractivity contribution is 5.80. The van der Waals surface area contributed by atoms with E-state index in [1.807, 2.05) is 25.1 Å². The van der Waals surface area contributed by atoms with Crippen LogP contribution in [0.5, 0.6) is 11.5 Å². The zero-order valence-electron chi connectivity index (χ0n) is 15.8. The van der Waals surface area contributed by atoms with E-state index in [1.165, 1.54) is 13.2 Å². The molecule has 2 aromatic rings. The van der Waals surface area contributed by atoms with Crippen molar-refractivity contribution in [3.05, 3.63) is 59.4 Å². The Hall–Kier alpha value is -2.76. The van der Waals surface area contributed by atoms with Gasteiger partial charge in [-0.25, -0.2) is 9.38 Å². The van der Waals surface area contributed by atoms with Crippen LogP contribution < -0.4 is 15.4 Å². The number of ether oxygens (including phenoxy) is 1. The maximum absolute atomic E-state index is 13.6. The number of phenolic OH excluding ortho intramolecular Hbond substituents is 1. The third kappa shape index (κ3) is 4.51. The zero-order valence-corrected chi connectivity index (χ0v) is 15.8. The average Bonchev–Trinajstić information content (AvgIpc) is 3.46. The molecule has 0 saturated heterocycles. The molecule has 6 heteroatoms. The van der Waals surface area contributed by atoms with Crippen molar-refractivity contribution in [3.8, 4) is 11.5 Å². The predicted molar refractivity (Wildman–Crippen MR) is 105 cm³/mol. The van der Waals surface area contributed by atoms with Gasteiger partial charge in [0.2, 0.25) is 0 Å². The van der Waals surface area contributed by atoms with Gasteiger partial charge in [0.1, 0.15) is 5.82 Å². The van der Waals surface area contributed by atoms with E-state index in [2.05, 4.69) is 15.6 Å². The smallest absolute Gasteiger partial charge is 0.191 e. The Balaban J connectivity index is 1.68. The Morgan fingerprint density at radius 2 is 2.00 bits per heavy atom. The van der Waals surface area contributed by atoms with Crippen molar-refractivity contribution in [1.82, 2.24) is 10.6 Å². The minimum atomic E-state index is -0.201. The van der Waals surface area contributed by atoms with Crippen LogP contribution in [-0.2, 0) is 12.0 Å². The van der Waals surface area contributed by atoms with E-state index in [-0.39, 0.29) is 17.0 Å². The number of benzene rings is 2. The van der Waals surface area contributed by atoms with Crippen molar-refractivity contribution >= 4 is 5.96 Å². The number of nitrogens with one attached hydrogen (secondary N) is 2. The van der Waals surface area contributed by atoms with Gasteiger partial charge in [-0.15, -0.1) is 0 Å². The van der Waals surface area contributed by atoms with Crippen LogP contribution in [0, 0.1) is 5.82 Å². The molecule has 0 atom stereocenters. The lowest BCUT2D eigenvalue weighted by Gasteiger charge is -2.19. The van der Waals surface area contributed by atoms with Crippen LogP contribution in [0.1, 0.15) is 30.9 Å². The summed E-state index contributed by atoms with van der Waals surface area (Å²) in [6.07, 6.45) is 2.05. The Kier molecular flexibility index (Phi) is 5.84. The molecule has 144 valence electrons. The first-order chi connectivity index (χ1) is 13.1. The summed E-state index contributed by atoms with van der Waals surface area (Å²) < 4.78 is 18.7. The van der Waals surface area contributed by atoms with Crippen LogP contribution in [0.3, 0.4) is 0 Å². The molecule has 0 aromatic heterocycles. The van der Waals surface area contributed by atoms with E-state index < -0.39 is 0 Å². The van der Waals surface area contributed by atoms with Crippen LogP contribution in [-0.4, -0.2) is 31.3 Å². The van der Waals surface area contributed by atoms with Crippen molar-refractivity contribution in [2.75, 3.05) is 20.2 Å². The number of nitrogens with zero attached hydrogens (tertiary/aromatic N) is 1. The van der Waals surface area contributed by atoms with Gasteiger partial charge >= 0.3 is 0 Å². The molecule has 0 bridgehead atoms. The molecule has 0 aliphatic heterocycles. The SMILES string of the molecule is CCNC(=NCc1cccc(OC)c1O)NCC1(c2cccc(F)c2)CC1. The van der Waals surface area contributed by atoms with Crippen LogP contribution in [0.4, 0.5) is 4.39 Å². The molecule has 27 heavy (non-hydrogen) atoms. The van der Waals surface area contributed by atoms with Gasteiger partial charge in [0.05, 0.1) is 13.7 Å².